The van der Waals surface area contributed by atoms with Gasteiger partial charge in [0.05, 0.1) is 0 Å². The number of benzene rings is 4. The molecule has 0 aromatic heterocycles. The van der Waals surface area contributed by atoms with Crippen molar-refractivity contribution in [3.63, 3.8) is 0 Å². The van der Waals surface area contributed by atoms with Crippen LogP contribution in [0.4, 0.5) is 0 Å². The topological polar surface area (TPSA) is 0 Å². The minimum Gasteiger partial charge on any atom is -1.00 e. The van der Waals surface area contributed by atoms with Gasteiger partial charge in [0.15, 0.2) is 0 Å². The molecule has 0 fully saturated rings. The Morgan fingerprint density at radius 2 is 0.842 bits per heavy atom. The van der Waals surface area contributed by atoms with Crippen LogP contribution in [0.5, 0.6) is 0 Å². The van der Waals surface area contributed by atoms with E-state index in [0.29, 0.717) is 0 Å². The summed E-state index contributed by atoms with van der Waals surface area (Å²) in [6.45, 7) is 8.98. The number of fused-ring (bicyclic) bond motifs is 2. The van der Waals surface area contributed by atoms with Gasteiger partial charge in [0.25, 0.3) is 0 Å². The molecule has 0 nitrogen and oxygen atoms in total. The Hall–Kier alpha value is -2.23. The molecule has 0 radical (unpaired) electrons. The van der Waals surface area contributed by atoms with E-state index in [0.717, 1.165) is 0 Å². The smallest absolute Gasteiger partial charge is 0.0462 e. The molecule has 0 saturated carbocycles. The molecule has 0 aliphatic rings. The zero-order valence-electron chi connectivity index (χ0n) is 22.3. The fourth-order valence-electron chi connectivity index (χ4n) is 4.41. The van der Waals surface area contributed by atoms with Gasteiger partial charge >= 0.3 is 41.6 Å². The maximum atomic E-state index is 2.33. The van der Waals surface area contributed by atoms with Crippen molar-refractivity contribution in [3.8, 4) is 22.3 Å². The summed E-state index contributed by atoms with van der Waals surface area (Å²) in [6, 6.07) is 43.1. The quantitative estimate of drug-likeness (QED) is 0.189. The van der Waals surface area contributed by atoms with Gasteiger partial charge < -0.3 is 24.8 Å². The number of hydrogen-bond acceptors (Lipinski definition) is 0. The van der Waals surface area contributed by atoms with Crippen molar-refractivity contribution in [2.75, 3.05) is 0 Å². The second kappa shape index (κ2) is 15.4. The number of rotatable bonds is 2. The van der Waals surface area contributed by atoms with E-state index in [9.17, 15) is 0 Å². The first-order valence-electron chi connectivity index (χ1n) is 12.4. The van der Waals surface area contributed by atoms with E-state index >= 15 is 0 Å². The second-order valence-corrected chi connectivity index (χ2v) is 22.2. The molecule has 0 spiro atoms. The van der Waals surface area contributed by atoms with Crippen LogP contribution in [0.25, 0.3) is 43.8 Å². The van der Waals surface area contributed by atoms with E-state index < -0.39 is 0 Å². The van der Waals surface area contributed by atoms with Crippen LogP contribution in [0.2, 0.25) is 13.1 Å². The van der Waals surface area contributed by atoms with Crippen LogP contribution in [0, 0.1) is 13.8 Å². The molecular weight excluding hydrogens is 686 g/mol. The monoisotopic (exact) mass is 718 g/mol. The van der Waals surface area contributed by atoms with Crippen LogP contribution in [0.1, 0.15) is 11.1 Å². The van der Waals surface area contributed by atoms with E-state index in [-0.39, 0.29) is 30.3 Å². The molecule has 0 bridgehead atoms. The van der Waals surface area contributed by atoms with E-state index in [1.807, 2.05) is 0 Å². The van der Waals surface area contributed by atoms with Gasteiger partial charge in [-0.25, -0.2) is 0 Å². The Bertz CT molecular complexity index is 1420. The third-order valence-electron chi connectivity index (χ3n) is 6.15. The predicted octanol–water partition coefficient (Wildman–Crippen LogP) is 3.86. The van der Waals surface area contributed by atoms with Crippen molar-refractivity contribution in [2.24, 2.45) is 0 Å². The standard InChI is InChI=1S/2C16H13.C2H6Si.2ClH.Hf/c2*1-12-6-2-5-9-16(12)15-10-13-7-3-4-8-14(13)11-15;1-3-2;;;/h2*2-11H,1H3;1-2H3;2*1H;/q2*-1;;;;+2/p-2. The minimum absolute atomic E-state index is 0. The van der Waals surface area contributed by atoms with Crippen LogP contribution < -0.4 is 24.8 Å². The summed E-state index contributed by atoms with van der Waals surface area (Å²) < 4.78 is 0. The third-order valence-corrected chi connectivity index (χ3v) is 6.15. The fraction of sp³-hybridized carbons (Fsp3) is 0.118. The Morgan fingerprint density at radius 3 is 1.18 bits per heavy atom. The molecule has 0 aliphatic heterocycles. The molecular formula is C34H32Cl2HfSi-2. The summed E-state index contributed by atoms with van der Waals surface area (Å²) >= 11 is 1.45. The first kappa shape index (κ1) is 32.0. The van der Waals surface area contributed by atoms with Crippen molar-refractivity contribution in [3.05, 3.63) is 132 Å². The zero-order chi connectivity index (χ0) is 25.5. The van der Waals surface area contributed by atoms with Gasteiger partial charge in [0.2, 0.25) is 0 Å². The van der Waals surface area contributed by atoms with Crippen LogP contribution >= 0.6 is 0 Å². The van der Waals surface area contributed by atoms with Crippen LogP contribution in [0.15, 0.2) is 121 Å². The van der Waals surface area contributed by atoms with Crippen LogP contribution in [-0.4, -0.2) is 5.49 Å². The van der Waals surface area contributed by atoms with Crippen LogP contribution in [-0.2, 0) is 23.0 Å². The molecule has 0 atom stereocenters. The Morgan fingerprint density at radius 1 is 0.526 bits per heavy atom. The molecule has 0 heterocycles. The van der Waals surface area contributed by atoms with Crippen molar-refractivity contribution >= 4 is 27.0 Å². The van der Waals surface area contributed by atoms with E-state index in [1.54, 1.807) is 0 Å². The minimum atomic E-state index is 0. The van der Waals surface area contributed by atoms with Gasteiger partial charge in [-0.3, -0.25) is 0 Å². The molecule has 38 heavy (non-hydrogen) atoms. The van der Waals surface area contributed by atoms with Gasteiger partial charge in [-0.1, -0.05) is 107 Å². The SMILES string of the molecule is C[Si](C)=[Hf+2].Cc1ccccc1-c1cc2ccccc2[cH-]1.Cc1ccccc1-c1cc2ccccc2[cH-]1.[Cl-].[Cl-]. The van der Waals surface area contributed by atoms with E-state index in [2.05, 4.69) is 148 Å². The molecule has 0 amide bonds. The molecule has 0 aliphatic carbocycles. The molecule has 6 rings (SSSR count). The van der Waals surface area contributed by atoms with Gasteiger partial charge in [0, 0.05) is 0 Å². The number of halogens is 2. The number of hydrogen-bond donors (Lipinski definition) is 0. The average molecular weight is 718 g/mol. The summed E-state index contributed by atoms with van der Waals surface area (Å²) in [7, 11) is 0. The summed E-state index contributed by atoms with van der Waals surface area (Å²) in [4.78, 5) is 0. The van der Waals surface area contributed by atoms with Gasteiger partial charge in [0.1, 0.15) is 0 Å². The first-order chi connectivity index (χ1) is 17.4. The normalized spacial score (nSPS) is 9.84. The second-order valence-electron chi connectivity index (χ2n) is 9.38. The summed E-state index contributed by atoms with van der Waals surface area (Å²) in [5, 5.41) is 5.28. The molecule has 0 unspecified atom stereocenters. The third kappa shape index (κ3) is 8.38. The Balaban J connectivity index is 0.000000224. The molecule has 4 heteroatoms. The molecule has 192 valence electrons. The molecule has 0 saturated heterocycles. The van der Waals surface area contributed by atoms with Crippen molar-refractivity contribution in [1.82, 2.24) is 0 Å². The molecule has 0 N–H and O–H groups in total. The van der Waals surface area contributed by atoms with E-state index in [4.69, 9.17) is 0 Å². The maximum absolute atomic E-state index is 2.33. The van der Waals surface area contributed by atoms with Crippen molar-refractivity contribution in [2.45, 2.75) is 26.9 Å². The van der Waals surface area contributed by atoms with Gasteiger partial charge in [-0.2, -0.15) is 0 Å². The molecule has 6 aromatic rings. The summed E-state index contributed by atoms with van der Waals surface area (Å²) in [5.41, 5.74) is 8.22. The average Bonchev–Trinajstić information content (AvgIpc) is 3.49. The Labute approximate surface area is 254 Å². The van der Waals surface area contributed by atoms with Crippen molar-refractivity contribution < 1.29 is 47.8 Å². The van der Waals surface area contributed by atoms with Crippen LogP contribution in [0.3, 0.4) is 0 Å². The van der Waals surface area contributed by atoms with Gasteiger partial charge in [-0.05, 0) is 13.8 Å². The zero-order valence-corrected chi connectivity index (χ0v) is 28.4. The summed E-state index contributed by atoms with van der Waals surface area (Å²) in [5.74, 6) is 0. The van der Waals surface area contributed by atoms with E-state index in [1.165, 1.54) is 77.9 Å². The van der Waals surface area contributed by atoms with Gasteiger partial charge in [-0.15, -0.1) is 69.1 Å². The largest absolute Gasteiger partial charge is 1.00 e. The van der Waals surface area contributed by atoms with Crippen molar-refractivity contribution in [1.29, 1.82) is 0 Å². The Kier molecular flexibility index (Phi) is 12.9. The number of aryl methyl sites for hydroxylation is 2. The fourth-order valence-corrected chi connectivity index (χ4v) is 4.41. The molecule has 6 aromatic carbocycles. The first-order valence-corrected chi connectivity index (χ1v) is 20.3. The predicted molar refractivity (Wildman–Crippen MR) is 157 cm³/mol. The summed E-state index contributed by atoms with van der Waals surface area (Å²) in [6.07, 6.45) is 0. The maximum Gasteiger partial charge on any atom is -0.0462 e.